The molecule has 1 amide bonds. The molecule has 1 saturated heterocycles. The van der Waals surface area contributed by atoms with E-state index in [1.165, 1.54) is 5.57 Å². The first-order valence-electron chi connectivity index (χ1n) is 15.6. The molecule has 39 heavy (non-hydrogen) atoms. The maximum Gasteiger partial charge on any atom is 0.410 e. The second kappa shape index (κ2) is 7.70. The highest BCUT2D eigenvalue weighted by Crippen LogP contribution is 2.75. The van der Waals surface area contributed by atoms with Crippen LogP contribution in [0.25, 0.3) is 0 Å². The minimum atomic E-state index is -0.260. The van der Waals surface area contributed by atoms with Gasteiger partial charge in [0.05, 0.1) is 12.8 Å². The fourth-order valence-electron chi connectivity index (χ4n) is 12.0. The lowest BCUT2D eigenvalue weighted by atomic mass is 9.34. The Bertz CT molecular complexity index is 1190. The van der Waals surface area contributed by atoms with Gasteiger partial charge in [-0.25, -0.2) is 4.79 Å². The maximum absolute atomic E-state index is 14.7. The molecule has 0 N–H and O–H groups in total. The monoisotopic (exact) mass is 536 g/mol. The Kier molecular flexibility index (Phi) is 5.15. The van der Waals surface area contributed by atoms with Gasteiger partial charge in [0.15, 0.2) is 5.78 Å². The van der Waals surface area contributed by atoms with Crippen LogP contribution in [-0.4, -0.2) is 47.8 Å². The third-order valence-electron chi connectivity index (χ3n) is 14.0. The summed E-state index contributed by atoms with van der Waals surface area (Å²) >= 11 is 0. The number of rotatable bonds is 1. The molecule has 0 spiro atoms. The first-order chi connectivity index (χ1) is 18.2. The number of hydrogen-bond donors (Lipinski definition) is 0. The Morgan fingerprint density at radius 1 is 0.949 bits per heavy atom. The van der Waals surface area contributed by atoms with Crippen LogP contribution in [0.3, 0.4) is 0 Å². The van der Waals surface area contributed by atoms with Gasteiger partial charge in [0.1, 0.15) is 12.7 Å². The normalized spacial score (nSPS) is 51.0. The summed E-state index contributed by atoms with van der Waals surface area (Å²) in [5, 5.41) is 4.28. The second-order valence-electron chi connectivity index (χ2n) is 16.5. The number of cyclic esters (lactones) is 1. The van der Waals surface area contributed by atoms with E-state index >= 15 is 0 Å². The van der Waals surface area contributed by atoms with Crippen molar-refractivity contribution >= 4 is 18.1 Å². The molecule has 7 rings (SSSR count). The van der Waals surface area contributed by atoms with Gasteiger partial charge in [-0.05, 0) is 90.9 Å². The van der Waals surface area contributed by atoms with E-state index in [0.29, 0.717) is 30.8 Å². The van der Waals surface area contributed by atoms with Crippen LogP contribution in [0, 0.1) is 50.7 Å². The van der Waals surface area contributed by atoms with Crippen molar-refractivity contribution in [3.63, 3.8) is 0 Å². The van der Waals surface area contributed by atoms with Crippen LogP contribution in [-0.2, 0) is 14.4 Å². The smallest absolute Gasteiger partial charge is 0.410 e. The number of carbonyl (C=O) groups is 2. The summed E-state index contributed by atoms with van der Waals surface area (Å²) in [6.07, 6.45) is 12.4. The first kappa shape index (κ1) is 26.1. The van der Waals surface area contributed by atoms with Gasteiger partial charge in [0.2, 0.25) is 0 Å². The highest BCUT2D eigenvalue weighted by molar-refractivity contribution is 5.95. The Balaban J connectivity index is 1.35. The third kappa shape index (κ3) is 3.07. The number of oxime groups is 1. The minimum absolute atomic E-state index is 0.0115. The molecule has 0 bridgehead atoms. The second-order valence-corrected chi connectivity index (χ2v) is 16.5. The summed E-state index contributed by atoms with van der Waals surface area (Å²) in [6.45, 7) is 18.0. The van der Waals surface area contributed by atoms with Crippen LogP contribution in [0.15, 0.2) is 16.8 Å². The standard InChI is InChI=1S/C33H48N2O4/c1-28(2)10-12-33(35-14-15-38-27(35)37)13-11-32(7)25(21(33)18-28)22(36)16-24-30(5)17-20-19-34-39-26(20)29(3,4)23(30)8-9-31(24,32)6/h16,19-21,23,25-26H,8-15,17-18H2,1-7H3/t20?,21-,23-,25-,26?,30-,31+,32+,33-/m0/s1. The van der Waals surface area contributed by atoms with E-state index in [-0.39, 0.29) is 56.6 Å². The molecule has 2 heterocycles. The number of carbonyl (C=O) groups excluding carboxylic acids is 2. The van der Waals surface area contributed by atoms with Gasteiger partial charge in [-0.15, -0.1) is 0 Å². The molecular formula is C33H48N2O4. The van der Waals surface area contributed by atoms with E-state index in [1.807, 2.05) is 6.21 Å². The summed E-state index contributed by atoms with van der Waals surface area (Å²) in [5.41, 5.74) is 1.07. The zero-order valence-electron chi connectivity index (χ0n) is 25.1. The Hall–Kier alpha value is -1.85. The minimum Gasteiger partial charge on any atom is -0.448 e. The summed E-state index contributed by atoms with van der Waals surface area (Å²) in [5.74, 6) is 1.18. The first-order valence-corrected chi connectivity index (χ1v) is 15.6. The highest BCUT2D eigenvalue weighted by Gasteiger charge is 2.72. The largest absolute Gasteiger partial charge is 0.448 e. The molecule has 4 saturated carbocycles. The predicted molar refractivity (Wildman–Crippen MR) is 150 cm³/mol. The summed E-state index contributed by atoms with van der Waals surface area (Å²) in [7, 11) is 0. The lowest BCUT2D eigenvalue weighted by Gasteiger charge is -2.71. The summed E-state index contributed by atoms with van der Waals surface area (Å²) in [6, 6.07) is 0. The van der Waals surface area contributed by atoms with E-state index in [2.05, 4.69) is 64.6 Å². The van der Waals surface area contributed by atoms with Crippen molar-refractivity contribution < 1.29 is 19.2 Å². The average Bonchev–Trinajstić information content (AvgIpc) is 3.50. The van der Waals surface area contributed by atoms with Crippen LogP contribution >= 0.6 is 0 Å². The van der Waals surface area contributed by atoms with E-state index in [4.69, 9.17) is 9.57 Å². The molecular weight excluding hydrogens is 488 g/mol. The zero-order valence-corrected chi connectivity index (χ0v) is 25.1. The number of ketones is 1. The predicted octanol–water partition coefficient (Wildman–Crippen LogP) is 6.78. The number of nitrogens with zero attached hydrogens (tertiary/aromatic N) is 2. The highest BCUT2D eigenvalue weighted by atomic mass is 16.6. The number of hydrogen-bond acceptors (Lipinski definition) is 5. The van der Waals surface area contributed by atoms with Gasteiger partial charge < -0.3 is 9.57 Å². The molecule has 0 aromatic carbocycles. The Morgan fingerprint density at radius 3 is 2.41 bits per heavy atom. The third-order valence-corrected chi connectivity index (χ3v) is 14.0. The van der Waals surface area contributed by atoms with Gasteiger partial charge in [0, 0.05) is 22.8 Å². The van der Waals surface area contributed by atoms with Crippen molar-refractivity contribution in [1.29, 1.82) is 0 Å². The SMILES string of the molecule is CC1(C)CC[C@]2(N3CCOC3=O)CC[C@]3(C)[C@H](C(=O)C=C4[C@@]5(C)CC6C=NOC6C(C)(C)[C@@H]5CC[C@]43C)[C@@H]2C1. The molecule has 7 aliphatic rings. The van der Waals surface area contributed by atoms with Crippen molar-refractivity contribution in [2.24, 2.45) is 55.9 Å². The summed E-state index contributed by atoms with van der Waals surface area (Å²) in [4.78, 5) is 35.7. The van der Waals surface area contributed by atoms with E-state index in [9.17, 15) is 9.59 Å². The molecule has 0 aromatic rings. The molecule has 6 nitrogen and oxygen atoms in total. The number of fused-ring (bicyclic) bond motifs is 8. The zero-order chi connectivity index (χ0) is 27.8. The van der Waals surface area contributed by atoms with Crippen LogP contribution in [0.4, 0.5) is 4.79 Å². The molecule has 2 aliphatic heterocycles. The van der Waals surface area contributed by atoms with Crippen molar-refractivity contribution in [2.45, 2.75) is 111 Å². The van der Waals surface area contributed by atoms with Crippen molar-refractivity contribution in [2.75, 3.05) is 13.2 Å². The van der Waals surface area contributed by atoms with Crippen LogP contribution in [0.2, 0.25) is 0 Å². The van der Waals surface area contributed by atoms with E-state index < -0.39 is 0 Å². The summed E-state index contributed by atoms with van der Waals surface area (Å²) < 4.78 is 5.50. The molecule has 0 aromatic heterocycles. The molecule has 5 aliphatic carbocycles. The van der Waals surface area contributed by atoms with Gasteiger partial charge in [-0.1, -0.05) is 59.2 Å². The maximum atomic E-state index is 14.7. The molecule has 214 valence electrons. The van der Waals surface area contributed by atoms with Crippen molar-refractivity contribution in [3.05, 3.63) is 11.6 Å². The fraction of sp³-hybridized carbons (Fsp3) is 0.848. The quantitative estimate of drug-likeness (QED) is 0.370. The van der Waals surface area contributed by atoms with Crippen LogP contribution in [0.5, 0.6) is 0 Å². The fourth-order valence-corrected chi connectivity index (χ4v) is 12.0. The van der Waals surface area contributed by atoms with Crippen LogP contribution < -0.4 is 0 Å². The van der Waals surface area contributed by atoms with Gasteiger partial charge in [-0.3, -0.25) is 9.69 Å². The number of allylic oxidation sites excluding steroid dienone is 2. The topological polar surface area (TPSA) is 68.2 Å². The lowest BCUT2D eigenvalue weighted by Crippen LogP contribution is -2.70. The van der Waals surface area contributed by atoms with Crippen molar-refractivity contribution in [3.8, 4) is 0 Å². The Labute approximate surface area is 234 Å². The number of amides is 1. The molecule has 9 atom stereocenters. The molecule has 2 unspecified atom stereocenters. The van der Waals surface area contributed by atoms with Crippen LogP contribution in [0.1, 0.15) is 99.8 Å². The average molecular weight is 537 g/mol. The van der Waals surface area contributed by atoms with Gasteiger partial charge >= 0.3 is 6.09 Å². The van der Waals surface area contributed by atoms with Gasteiger partial charge in [-0.2, -0.15) is 0 Å². The number of ether oxygens (including phenoxy) is 1. The van der Waals surface area contributed by atoms with E-state index in [0.717, 1.165) is 51.4 Å². The Morgan fingerprint density at radius 2 is 1.69 bits per heavy atom. The van der Waals surface area contributed by atoms with Crippen molar-refractivity contribution in [1.82, 2.24) is 4.90 Å². The molecule has 6 heteroatoms. The van der Waals surface area contributed by atoms with E-state index in [1.54, 1.807) is 0 Å². The molecule has 0 radical (unpaired) electrons. The molecule has 5 fully saturated rings. The lowest BCUT2D eigenvalue weighted by molar-refractivity contribution is -0.185. The van der Waals surface area contributed by atoms with Gasteiger partial charge in [0.25, 0.3) is 0 Å².